The van der Waals surface area contributed by atoms with Crippen molar-refractivity contribution in [1.29, 1.82) is 0 Å². The number of hydrogen-bond acceptors (Lipinski definition) is 4. The van der Waals surface area contributed by atoms with Crippen LogP contribution in [0.5, 0.6) is 0 Å². The van der Waals surface area contributed by atoms with Crippen LogP contribution in [0, 0.1) is 5.82 Å². The maximum Gasteiger partial charge on any atom is 0.279 e. The number of alkyl halides is 2. The molecule has 0 atom stereocenters. The summed E-state index contributed by atoms with van der Waals surface area (Å²) in [7, 11) is 0. The molecule has 1 fully saturated rings. The fraction of sp³-hybridized carbons (Fsp3) is 0.267. The first-order valence-electron chi connectivity index (χ1n) is 7.24. The molecule has 1 saturated carbocycles. The lowest BCUT2D eigenvalue weighted by Crippen LogP contribution is -2.13. The maximum atomic E-state index is 13.5. The molecule has 0 aliphatic heterocycles. The quantitative estimate of drug-likeness (QED) is 0.626. The molecule has 4 rings (SSSR count). The molecule has 5 nitrogen and oxygen atoms in total. The highest BCUT2D eigenvalue weighted by atomic mass is 79.9. The lowest BCUT2D eigenvalue weighted by Gasteiger charge is -2.15. The van der Waals surface area contributed by atoms with Crippen molar-refractivity contribution in [2.45, 2.75) is 24.7 Å². The summed E-state index contributed by atoms with van der Waals surface area (Å²) in [4.78, 5) is 4.29. The van der Waals surface area contributed by atoms with E-state index >= 15 is 0 Å². The van der Waals surface area contributed by atoms with E-state index < -0.39 is 17.7 Å². The van der Waals surface area contributed by atoms with E-state index in [0.29, 0.717) is 28.7 Å². The van der Waals surface area contributed by atoms with Crippen LogP contribution in [0.15, 0.2) is 27.2 Å². The predicted molar refractivity (Wildman–Crippen MR) is 86.0 cm³/mol. The molecule has 0 amide bonds. The normalized spacial score (nSPS) is 15.8. The minimum absolute atomic E-state index is 0.0266. The second-order valence-corrected chi connectivity index (χ2v) is 7.02. The Kier molecular flexibility index (Phi) is 3.88. The Bertz CT molecular complexity index is 931. The average molecular weight is 434 g/mol. The molecule has 25 heavy (non-hydrogen) atoms. The van der Waals surface area contributed by atoms with E-state index in [-0.39, 0.29) is 22.3 Å². The summed E-state index contributed by atoms with van der Waals surface area (Å²) in [6.45, 7) is 0. The molecule has 130 valence electrons. The first kappa shape index (κ1) is 16.6. The van der Waals surface area contributed by atoms with Crippen molar-refractivity contribution in [2.24, 2.45) is 0 Å². The molecule has 0 saturated heterocycles. The van der Waals surface area contributed by atoms with Crippen LogP contribution in [0.25, 0.3) is 11.6 Å². The molecular weight excluding hydrogens is 425 g/mol. The summed E-state index contributed by atoms with van der Waals surface area (Å²) in [5.41, 5.74) is -0.111. The third-order valence-corrected chi connectivity index (χ3v) is 5.06. The number of benzene rings is 1. The van der Waals surface area contributed by atoms with Gasteiger partial charge in [0, 0.05) is 9.50 Å². The monoisotopic (exact) mass is 432 g/mol. The van der Waals surface area contributed by atoms with Crippen molar-refractivity contribution in [3.05, 3.63) is 50.6 Å². The van der Waals surface area contributed by atoms with Crippen molar-refractivity contribution in [3.63, 3.8) is 0 Å². The van der Waals surface area contributed by atoms with Gasteiger partial charge >= 0.3 is 0 Å². The van der Waals surface area contributed by atoms with Gasteiger partial charge in [0.05, 0.1) is 5.41 Å². The molecule has 2 aromatic heterocycles. The van der Waals surface area contributed by atoms with Gasteiger partial charge in [0.25, 0.3) is 12.3 Å². The van der Waals surface area contributed by atoms with Crippen molar-refractivity contribution in [2.75, 3.05) is 0 Å². The molecule has 0 bridgehead atoms. The molecule has 1 N–H and O–H groups in total. The Balaban J connectivity index is 1.72. The zero-order valence-electron chi connectivity index (χ0n) is 12.4. The molecule has 0 unspecified atom stereocenters. The number of rotatable bonds is 4. The van der Waals surface area contributed by atoms with Gasteiger partial charge in [-0.2, -0.15) is 10.1 Å². The van der Waals surface area contributed by atoms with Crippen molar-refractivity contribution in [3.8, 4) is 11.6 Å². The molecule has 1 aliphatic carbocycles. The predicted octanol–water partition coefficient (Wildman–Crippen LogP) is 5.03. The third-order valence-electron chi connectivity index (χ3n) is 4.14. The Labute approximate surface area is 152 Å². The SMILES string of the molecule is Fc1cc(Cl)c(C2(c3noc(-c4cc(C(F)F)[nH]n4)n3)CC2)c(Br)c1. The molecular formula is C15H9BrClF3N4O. The lowest BCUT2D eigenvalue weighted by molar-refractivity contribution is 0.146. The maximum absolute atomic E-state index is 13.5. The number of nitrogens with one attached hydrogen (secondary N) is 1. The number of nitrogens with zero attached hydrogens (tertiary/aromatic N) is 3. The fourth-order valence-electron chi connectivity index (χ4n) is 2.79. The summed E-state index contributed by atoms with van der Waals surface area (Å²) < 4.78 is 44.5. The van der Waals surface area contributed by atoms with Gasteiger partial charge in [-0.3, -0.25) is 5.10 Å². The highest BCUT2D eigenvalue weighted by molar-refractivity contribution is 9.10. The molecule has 0 radical (unpaired) electrons. The number of hydrogen-bond donors (Lipinski definition) is 1. The van der Waals surface area contributed by atoms with E-state index in [0.717, 1.165) is 6.07 Å². The molecule has 1 aliphatic rings. The van der Waals surface area contributed by atoms with Crippen molar-refractivity contribution in [1.82, 2.24) is 20.3 Å². The van der Waals surface area contributed by atoms with E-state index in [9.17, 15) is 13.2 Å². The van der Waals surface area contributed by atoms with Gasteiger partial charge < -0.3 is 4.52 Å². The third kappa shape index (κ3) is 2.75. The van der Waals surface area contributed by atoms with Crippen LogP contribution >= 0.6 is 27.5 Å². The summed E-state index contributed by atoms with van der Waals surface area (Å²) in [5.74, 6) is -0.0710. The van der Waals surface area contributed by atoms with Crippen LogP contribution in [0.1, 0.15) is 36.3 Å². The molecule has 2 heterocycles. The zero-order chi connectivity index (χ0) is 17.8. The van der Waals surface area contributed by atoms with E-state index in [1.807, 2.05) is 0 Å². The Morgan fingerprint density at radius 2 is 2.04 bits per heavy atom. The summed E-state index contributed by atoms with van der Waals surface area (Å²) in [5, 5.41) is 10.2. The van der Waals surface area contributed by atoms with Crippen LogP contribution in [-0.4, -0.2) is 20.3 Å². The summed E-state index contributed by atoms with van der Waals surface area (Å²) in [6.07, 6.45) is -1.26. The van der Waals surface area contributed by atoms with Gasteiger partial charge in [0.15, 0.2) is 11.5 Å². The first-order chi connectivity index (χ1) is 11.9. The zero-order valence-corrected chi connectivity index (χ0v) is 14.7. The van der Waals surface area contributed by atoms with Gasteiger partial charge in [0.1, 0.15) is 11.5 Å². The minimum Gasteiger partial charge on any atom is -0.332 e. The topological polar surface area (TPSA) is 67.6 Å². The van der Waals surface area contributed by atoms with Gasteiger partial charge in [-0.25, -0.2) is 13.2 Å². The largest absolute Gasteiger partial charge is 0.332 e. The minimum atomic E-state index is -2.67. The Morgan fingerprint density at radius 3 is 2.64 bits per heavy atom. The van der Waals surface area contributed by atoms with E-state index in [2.05, 4.69) is 36.3 Å². The average Bonchev–Trinajstić information content (AvgIpc) is 3.00. The second kappa shape index (κ2) is 5.84. The molecule has 3 aromatic rings. The number of aromatic nitrogens is 4. The summed E-state index contributed by atoms with van der Waals surface area (Å²) >= 11 is 9.55. The van der Waals surface area contributed by atoms with Crippen molar-refractivity contribution < 1.29 is 17.7 Å². The number of H-pyrrole nitrogens is 1. The van der Waals surface area contributed by atoms with Crippen LogP contribution in [0.4, 0.5) is 13.2 Å². The smallest absolute Gasteiger partial charge is 0.279 e. The van der Waals surface area contributed by atoms with E-state index in [1.165, 1.54) is 12.1 Å². The van der Waals surface area contributed by atoms with Crippen LogP contribution < -0.4 is 0 Å². The molecule has 10 heteroatoms. The number of aromatic amines is 1. The molecule has 1 aromatic carbocycles. The van der Waals surface area contributed by atoms with Crippen LogP contribution in [-0.2, 0) is 5.41 Å². The Hall–Kier alpha value is -1.87. The van der Waals surface area contributed by atoms with Gasteiger partial charge in [-0.1, -0.05) is 32.7 Å². The highest BCUT2D eigenvalue weighted by Gasteiger charge is 2.52. The van der Waals surface area contributed by atoms with Gasteiger partial charge in [-0.15, -0.1) is 0 Å². The van der Waals surface area contributed by atoms with Gasteiger partial charge in [-0.05, 0) is 36.6 Å². The second-order valence-electron chi connectivity index (χ2n) is 5.76. The number of halogens is 5. The van der Waals surface area contributed by atoms with Crippen LogP contribution in [0.2, 0.25) is 5.02 Å². The fourth-order valence-corrected chi connectivity index (χ4v) is 4.10. The van der Waals surface area contributed by atoms with Crippen molar-refractivity contribution >= 4 is 27.5 Å². The molecule has 0 spiro atoms. The van der Waals surface area contributed by atoms with Gasteiger partial charge in [0.2, 0.25) is 0 Å². The Morgan fingerprint density at radius 1 is 1.28 bits per heavy atom. The van der Waals surface area contributed by atoms with Crippen LogP contribution in [0.3, 0.4) is 0 Å². The first-order valence-corrected chi connectivity index (χ1v) is 8.41. The summed E-state index contributed by atoms with van der Waals surface area (Å²) in [6, 6.07) is 3.71. The van der Waals surface area contributed by atoms with E-state index in [1.54, 1.807) is 0 Å². The standard InChI is InChI=1S/C15H9BrClF3N4O/c16-7-3-6(18)4-8(17)11(7)15(1-2-15)14-21-13(25-24-14)10-5-9(12(19)20)22-23-10/h3-5,12H,1-2H2,(H,22,23). The lowest BCUT2D eigenvalue weighted by atomic mass is 9.95. The van der Waals surface area contributed by atoms with E-state index in [4.69, 9.17) is 16.1 Å². The highest BCUT2D eigenvalue weighted by Crippen LogP contribution is 2.56.